The minimum Gasteiger partial charge on any atom is -0.478 e. The summed E-state index contributed by atoms with van der Waals surface area (Å²) in [7, 11) is 0. The molecule has 0 aliphatic heterocycles. The second-order valence-corrected chi connectivity index (χ2v) is 4.94. The molecule has 0 spiro atoms. The monoisotopic (exact) mass is 300 g/mol. The van der Waals surface area contributed by atoms with Gasteiger partial charge in [-0.3, -0.25) is 0 Å². The number of benzene rings is 1. The van der Waals surface area contributed by atoms with Crippen molar-refractivity contribution in [1.29, 1.82) is 0 Å². The number of hydrogen-bond donors (Lipinski definition) is 1. The fourth-order valence-electron chi connectivity index (χ4n) is 1.40. The van der Waals surface area contributed by atoms with Crippen LogP contribution < -0.4 is 4.74 Å². The number of aromatic carboxylic acids is 1. The highest BCUT2D eigenvalue weighted by molar-refractivity contribution is 9.10. The van der Waals surface area contributed by atoms with Gasteiger partial charge in [0.25, 0.3) is 0 Å². The van der Waals surface area contributed by atoms with Crippen LogP contribution >= 0.6 is 15.9 Å². The van der Waals surface area contributed by atoms with Crippen LogP contribution in [-0.2, 0) is 4.74 Å². The molecule has 0 heterocycles. The van der Waals surface area contributed by atoms with Crippen LogP contribution in [0.3, 0.4) is 0 Å². The first-order valence-electron chi connectivity index (χ1n) is 5.40. The third-order valence-electron chi connectivity index (χ3n) is 2.52. The molecule has 4 nitrogen and oxygen atoms in total. The molecule has 0 unspecified atom stereocenters. The molecule has 5 heteroatoms. The summed E-state index contributed by atoms with van der Waals surface area (Å²) >= 11 is 3.22. The lowest BCUT2D eigenvalue weighted by atomic mass is 10.2. The van der Waals surface area contributed by atoms with Crippen molar-refractivity contribution in [2.45, 2.75) is 12.8 Å². The van der Waals surface area contributed by atoms with Crippen LogP contribution in [0.5, 0.6) is 5.75 Å². The molecule has 17 heavy (non-hydrogen) atoms. The van der Waals surface area contributed by atoms with Gasteiger partial charge >= 0.3 is 5.97 Å². The predicted molar refractivity (Wildman–Crippen MR) is 65.3 cm³/mol. The van der Waals surface area contributed by atoms with Crippen LogP contribution in [0.4, 0.5) is 0 Å². The van der Waals surface area contributed by atoms with Crippen LogP contribution in [0.25, 0.3) is 0 Å². The molecule has 0 aromatic heterocycles. The Morgan fingerprint density at radius 3 is 2.88 bits per heavy atom. The first-order chi connectivity index (χ1) is 8.16. The number of carbonyl (C=O) groups is 1. The van der Waals surface area contributed by atoms with Crippen molar-refractivity contribution in [3.05, 3.63) is 28.2 Å². The van der Waals surface area contributed by atoms with Crippen molar-refractivity contribution in [3.8, 4) is 5.75 Å². The maximum Gasteiger partial charge on any atom is 0.339 e. The van der Waals surface area contributed by atoms with E-state index < -0.39 is 5.97 Å². The molecule has 1 N–H and O–H groups in total. The molecule has 0 radical (unpaired) electrons. The molecule has 1 saturated carbocycles. The van der Waals surface area contributed by atoms with Gasteiger partial charge in [0.05, 0.1) is 6.61 Å². The summed E-state index contributed by atoms with van der Waals surface area (Å²) < 4.78 is 11.3. The Morgan fingerprint density at radius 1 is 1.47 bits per heavy atom. The van der Waals surface area contributed by atoms with Gasteiger partial charge in [-0.05, 0) is 37.0 Å². The summed E-state index contributed by atoms with van der Waals surface area (Å²) in [5.41, 5.74) is 0.134. The number of carboxylic acid groups (broad SMARTS) is 1. The van der Waals surface area contributed by atoms with Gasteiger partial charge in [-0.15, -0.1) is 0 Å². The van der Waals surface area contributed by atoms with E-state index in [-0.39, 0.29) is 12.4 Å². The highest BCUT2D eigenvalue weighted by Crippen LogP contribution is 2.29. The summed E-state index contributed by atoms with van der Waals surface area (Å²) in [4.78, 5) is 11.0. The number of ether oxygens (including phenoxy) is 2. The second kappa shape index (κ2) is 5.51. The molecule has 0 amide bonds. The predicted octanol–water partition coefficient (Wildman–Crippen LogP) is 2.91. The summed E-state index contributed by atoms with van der Waals surface area (Å²) in [5.74, 6) is -0.0116. The third-order valence-corrected chi connectivity index (χ3v) is 3.01. The zero-order chi connectivity index (χ0) is 12.3. The second-order valence-electron chi connectivity index (χ2n) is 4.02. The number of rotatable bonds is 6. The first kappa shape index (κ1) is 12.4. The normalized spacial score (nSPS) is 14.6. The summed E-state index contributed by atoms with van der Waals surface area (Å²) in [5, 5.41) is 9.00. The summed E-state index contributed by atoms with van der Waals surface area (Å²) in [6.45, 7) is 0.789. The molecule has 0 saturated heterocycles. The van der Waals surface area contributed by atoms with Crippen LogP contribution in [0.1, 0.15) is 23.2 Å². The van der Waals surface area contributed by atoms with E-state index in [0.717, 1.165) is 0 Å². The van der Waals surface area contributed by atoms with E-state index in [1.165, 1.54) is 18.9 Å². The number of carboxylic acids is 1. The molecular formula is C12H13BrO4. The topological polar surface area (TPSA) is 55.8 Å². The minimum absolute atomic E-state index is 0.0956. The van der Waals surface area contributed by atoms with Crippen molar-refractivity contribution in [1.82, 2.24) is 0 Å². The van der Waals surface area contributed by atoms with Crippen molar-refractivity contribution >= 4 is 21.9 Å². The zero-order valence-corrected chi connectivity index (χ0v) is 10.8. The highest BCUT2D eigenvalue weighted by Gasteiger charge is 2.21. The molecule has 0 atom stereocenters. The highest BCUT2D eigenvalue weighted by atomic mass is 79.9. The smallest absolute Gasteiger partial charge is 0.339 e. The lowest BCUT2D eigenvalue weighted by molar-refractivity contribution is 0.00918. The minimum atomic E-state index is -1.01. The van der Waals surface area contributed by atoms with Crippen molar-refractivity contribution in [2.24, 2.45) is 5.92 Å². The molecule has 1 aliphatic rings. The molecule has 1 aliphatic carbocycles. The van der Waals surface area contributed by atoms with Gasteiger partial charge in [-0.25, -0.2) is 4.79 Å². The van der Waals surface area contributed by atoms with E-state index in [1.54, 1.807) is 12.1 Å². The average molecular weight is 301 g/mol. The Balaban J connectivity index is 1.91. The summed E-state index contributed by atoms with van der Waals surface area (Å²) in [6, 6.07) is 4.87. The zero-order valence-electron chi connectivity index (χ0n) is 9.19. The van der Waals surface area contributed by atoms with Crippen LogP contribution in [0.15, 0.2) is 22.7 Å². The van der Waals surface area contributed by atoms with Gasteiger partial charge in [0.2, 0.25) is 0 Å². The molecule has 2 rings (SSSR count). The average Bonchev–Trinajstić information content (AvgIpc) is 3.09. The largest absolute Gasteiger partial charge is 0.478 e. The fraction of sp³-hybridized carbons (Fsp3) is 0.417. The Morgan fingerprint density at radius 2 is 2.24 bits per heavy atom. The van der Waals surface area contributed by atoms with E-state index in [0.29, 0.717) is 22.7 Å². The van der Waals surface area contributed by atoms with Gasteiger partial charge in [0.1, 0.15) is 11.3 Å². The summed E-state index contributed by atoms with van der Waals surface area (Å²) in [6.07, 6.45) is 2.44. The lowest BCUT2D eigenvalue weighted by Crippen LogP contribution is -2.08. The number of halogens is 1. The van der Waals surface area contributed by atoms with E-state index in [4.69, 9.17) is 14.6 Å². The SMILES string of the molecule is O=C(O)c1cc(Br)ccc1OCOCC1CC1. The first-order valence-corrected chi connectivity index (χ1v) is 6.19. The molecule has 92 valence electrons. The van der Waals surface area contributed by atoms with Gasteiger partial charge < -0.3 is 14.6 Å². The fourth-order valence-corrected chi connectivity index (χ4v) is 1.76. The van der Waals surface area contributed by atoms with Crippen LogP contribution in [-0.4, -0.2) is 24.5 Å². The molecule has 1 aromatic rings. The Bertz CT molecular complexity index is 415. The van der Waals surface area contributed by atoms with Gasteiger partial charge in [-0.2, -0.15) is 0 Å². The van der Waals surface area contributed by atoms with Crippen LogP contribution in [0, 0.1) is 5.92 Å². The molecule has 0 bridgehead atoms. The maximum absolute atomic E-state index is 11.0. The van der Waals surface area contributed by atoms with E-state index in [1.807, 2.05) is 0 Å². The van der Waals surface area contributed by atoms with Gasteiger partial charge in [0.15, 0.2) is 6.79 Å². The molecule has 1 fully saturated rings. The number of hydrogen-bond acceptors (Lipinski definition) is 3. The maximum atomic E-state index is 11.0. The molecule has 1 aromatic carbocycles. The van der Waals surface area contributed by atoms with Crippen LogP contribution in [0.2, 0.25) is 0 Å². The van der Waals surface area contributed by atoms with Crippen molar-refractivity contribution < 1.29 is 19.4 Å². The Kier molecular flexibility index (Phi) is 4.02. The van der Waals surface area contributed by atoms with E-state index >= 15 is 0 Å². The van der Waals surface area contributed by atoms with E-state index in [9.17, 15) is 4.79 Å². The van der Waals surface area contributed by atoms with Gasteiger partial charge in [0, 0.05) is 4.47 Å². The van der Waals surface area contributed by atoms with Gasteiger partial charge in [-0.1, -0.05) is 15.9 Å². The standard InChI is InChI=1S/C12H13BrO4/c13-9-3-4-11(10(5-9)12(14)15)17-7-16-6-8-1-2-8/h3-5,8H,1-2,6-7H2,(H,14,15). The molecular weight excluding hydrogens is 288 g/mol. The Hall–Kier alpha value is -1.07. The third kappa shape index (κ3) is 3.71. The quantitative estimate of drug-likeness (QED) is 0.648. The van der Waals surface area contributed by atoms with E-state index in [2.05, 4.69) is 15.9 Å². The van der Waals surface area contributed by atoms with Crippen molar-refractivity contribution in [2.75, 3.05) is 13.4 Å². The van der Waals surface area contributed by atoms with Crippen molar-refractivity contribution in [3.63, 3.8) is 0 Å². The lowest BCUT2D eigenvalue weighted by Gasteiger charge is -2.09. The Labute approximate surface area is 108 Å².